The van der Waals surface area contributed by atoms with Crippen molar-refractivity contribution in [2.45, 2.75) is 78.2 Å². The van der Waals surface area contributed by atoms with Crippen LogP contribution in [0.1, 0.15) is 72.1 Å². The zero-order valence-electron chi connectivity index (χ0n) is 12.5. The molecular formula is C17H30O. The van der Waals surface area contributed by atoms with Gasteiger partial charge in [-0.05, 0) is 61.2 Å². The summed E-state index contributed by atoms with van der Waals surface area (Å²) >= 11 is 0. The molecule has 3 aliphatic rings. The Labute approximate surface area is 113 Å². The van der Waals surface area contributed by atoms with Gasteiger partial charge in [0.2, 0.25) is 0 Å². The monoisotopic (exact) mass is 250 g/mol. The minimum atomic E-state index is 0.570. The Hall–Kier alpha value is -0.0400. The minimum absolute atomic E-state index is 0.570. The molecule has 0 N–H and O–H groups in total. The molecule has 0 spiro atoms. The molecule has 1 heteroatoms. The van der Waals surface area contributed by atoms with Crippen LogP contribution in [-0.4, -0.2) is 12.7 Å². The molecule has 4 unspecified atom stereocenters. The smallest absolute Gasteiger partial charge is 0.0609 e. The third-order valence-corrected chi connectivity index (χ3v) is 6.50. The van der Waals surface area contributed by atoms with Gasteiger partial charge < -0.3 is 4.74 Å². The normalized spacial score (nSPS) is 46.5. The van der Waals surface area contributed by atoms with Gasteiger partial charge in [-0.2, -0.15) is 0 Å². The van der Waals surface area contributed by atoms with Gasteiger partial charge in [0.25, 0.3) is 0 Å². The van der Waals surface area contributed by atoms with Gasteiger partial charge in [-0.15, -0.1) is 0 Å². The lowest BCUT2D eigenvalue weighted by molar-refractivity contribution is -0.120. The second-order valence-corrected chi connectivity index (χ2v) is 7.76. The van der Waals surface area contributed by atoms with Gasteiger partial charge in [0, 0.05) is 6.61 Å². The number of hydrogen-bond donors (Lipinski definition) is 0. The van der Waals surface area contributed by atoms with Gasteiger partial charge in [0.1, 0.15) is 0 Å². The van der Waals surface area contributed by atoms with Crippen LogP contribution in [0.25, 0.3) is 0 Å². The zero-order valence-corrected chi connectivity index (χ0v) is 12.5. The summed E-state index contributed by atoms with van der Waals surface area (Å²) in [6.07, 6.45) is 11.9. The molecule has 3 rings (SSSR count). The molecule has 104 valence electrons. The van der Waals surface area contributed by atoms with Crippen LogP contribution in [0.4, 0.5) is 0 Å². The highest BCUT2D eigenvalue weighted by molar-refractivity contribution is 5.06. The Kier molecular flexibility index (Phi) is 3.25. The molecule has 2 aliphatic carbocycles. The highest BCUT2D eigenvalue weighted by atomic mass is 16.5. The lowest BCUT2D eigenvalue weighted by Gasteiger charge is -2.59. The number of ether oxygens (including phenoxy) is 1. The van der Waals surface area contributed by atoms with E-state index in [2.05, 4.69) is 20.8 Å². The van der Waals surface area contributed by atoms with Crippen molar-refractivity contribution in [1.29, 1.82) is 0 Å². The molecule has 1 aliphatic heterocycles. The summed E-state index contributed by atoms with van der Waals surface area (Å²) in [5.74, 6) is 1.84. The lowest BCUT2D eigenvalue weighted by Crippen LogP contribution is -2.53. The molecule has 0 amide bonds. The summed E-state index contributed by atoms with van der Waals surface area (Å²) < 4.78 is 6.05. The third-order valence-electron chi connectivity index (χ3n) is 6.50. The van der Waals surface area contributed by atoms with Crippen molar-refractivity contribution in [3.05, 3.63) is 0 Å². The van der Waals surface area contributed by atoms with Gasteiger partial charge in [-0.25, -0.2) is 0 Å². The molecule has 2 saturated carbocycles. The van der Waals surface area contributed by atoms with Gasteiger partial charge in [-0.3, -0.25) is 0 Å². The fraction of sp³-hybridized carbons (Fsp3) is 1.00. The Morgan fingerprint density at radius 2 is 1.94 bits per heavy atom. The highest BCUT2D eigenvalue weighted by Gasteiger charge is 2.57. The van der Waals surface area contributed by atoms with E-state index in [-0.39, 0.29) is 0 Å². The Balaban J connectivity index is 1.96. The van der Waals surface area contributed by atoms with Crippen molar-refractivity contribution >= 4 is 0 Å². The first-order valence-electron chi connectivity index (χ1n) is 8.22. The van der Waals surface area contributed by atoms with Crippen LogP contribution >= 0.6 is 0 Å². The Morgan fingerprint density at radius 3 is 2.72 bits per heavy atom. The number of fused-ring (bicyclic) bond motifs is 3. The fourth-order valence-electron chi connectivity index (χ4n) is 5.99. The minimum Gasteiger partial charge on any atom is -0.378 e. The summed E-state index contributed by atoms with van der Waals surface area (Å²) in [6, 6.07) is 0. The predicted molar refractivity (Wildman–Crippen MR) is 75.5 cm³/mol. The van der Waals surface area contributed by atoms with Gasteiger partial charge in [0.05, 0.1) is 6.10 Å². The summed E-state index contributed by atoms with van der Waals surface area (Å²) in [5.41, 5.74) is 1.21. The first-order chi connectivity index (χ1) is 8.60. The molecule has 3 fully saturated rings. The molecule has 4 atom stereocenters. The van der Waals surface area contributed by atoms with Crippen molar-refractivity contribution in [3.8, 4) is 0 Å². The third kappa shape index (κ3) is 1.77. The Bertz CT molecular complexity index is 305. The molecule has 0 aromatic rings. The molecule has 0 radical (unpaired) electrons. The van der Waals surface area contributed by atoms with Crippen LogP contribution < -0.4 is 0 Å². The van der Waals surface area contributed by atoms with E-state index in [4.69, 9.17) is 4.74 Å². The topological polar surface area (TPSA) is 9.23 Å². The van der Waals surface area contributed by atoms with Crippen molar-refractivity contribution in [3.63, 3.8) is 0 Å². The average Bonchev–Trinajstić information content (AvgIpc) is 2.77. The highest BCUT2D eigenvalue weighted by Crippen LogP contribution is 2.64. The SMILES string of the molecule is CCCC12CCCC(C)(C)C1CCC1OCCC12. The molecule has 1 heterocycles. The molecule has 0 aromatic heterocycles. The van der Waals surface area contributed by atoms with E-state index in [1.54, 1.807) is 0 Å². The first-order valence-corrected chi connectivity index (χ1v) is 8.22. The molecule has 1 nitrogen and oxygen atoms in total. The van der Waals surface area contributed by atoms with Crippen LogP contribution in [0.15, 0.2) is 0 Å². The molecular weight excluding hydrogens is 220 g/mol. The largest absolute Gasteiger partial charge is 0.378 e. The van der Waals surface area contributed by atoms with E-state index >= 15 is 0 Å². The van der Waals surface area contributed by atoms with E-state index in [9.17, 15) is 0 Å². The molecule has 0 bridgehead atoms. The van der Waals surface area contributed by atoms with E-state index in [1.807, 2.05) is 0 Å². The van der Waals surface area contributed by atoms with Crippen LogP contribution in [0.5, 0.6) is 0 Å². The number of hydrogen-bond acceptors (Lipinski definition) is 1. The van der Waals surface area contributed by atoms with Crippen LogP contribution in [0, 0.1) is 22.7 Å². The van der Waals surface area contributed by atoms with Crippen molar-refractivity contribution in [2.75, 3.05) is 6.61 Å². The van der Waals surface area contributed by atoms with Crippen LogP contribution in [0.2, 0.25) is 0 Å². The summed E-state index contributed by atoms with van der Waals surface area (Å²) in [5, 5.41) is 0. The Morgan fingerprint density at radius 1 is 1.11 bits per heavy atom. The standard InChI is InChI=1S/C17H30O/c1-4-9-17-11-5-10-16(2,3)15(17)7-6-14-13(17)8-12-18-14/h13-15H,4-12H2,1-3H3. The van der Waals surface area contributed by atoms with Gasteiger partial charge in [0.15, 0.2) is 0 Å². The van der Waals surface area contributed by atoms with Crippen molar-refractivity contribution in [2.24, 2.45) is 22.7 Å². The van der Waals surface area contributed by atoms with Gasteiger partial charge in [-0.1, -0.05) is 33.6 Å². The predicted octanol–water partition coefficient (Wildman–Crippen LogP) is 4.80. The van der Waals surface area contributed by atoms with Crippen molar-refractivity contribution < 1.29 is 4.74 Å². The summed E-state index contributed by atoms with van der Waals surface area (Å²) in [7, 11) is 0. The lowest BCUT2D eigenvalue weighted by atomic mass is 9.46. The van der Waals surface area contributed by atoms with Crippen molar-refractivity contribution in [1.82, 2.24) is 0 Å². The summed E-state index contributed by atoms with van der Waals surface area (Å²) in [6.45, 7) is 8.50. The van der Waals surface area contributed by atoms with E-state index in [1.165, 1.54) is 51.4 Å². The van der Waals surface area contributed by atoms with E-state index < -0.39 is 0 Å². The van der Waals surface area contributed by atoms with Crippen LogP contribution in [-0.2, 0) is 4.74 Å². The second-order valence-electron chi connectivity index (χ2n) is 7.76. The molecule has 0 aromatic carbocycles. The van der Waals surface area contributed by atoms with Gasteiger partial charge >= 0.3 is 0 Å². The number of rotatable bonds is 2. The van der Waals surface area contributed by atoms with E-state index in [0.717, 1.165) is 18.4 Å². The fourth-order valence-corrected chi connectivity index (χ4v) is 5.99. The maximum atomic E-state index is 6.05. The second kappa shape index (κ2) is 4.51. The maximum absolute atomic E-state index is 6.05. The maximum Gasteiger partial charge on any atom is 0.0609 e. The first kappa shape index (κ1) is 13.0. The van der Waals surface area contributed by atoms with Crippen LogP contribution in [0.3, 0.4) is 0 Å². The average molecular weight is 250 g/mol. The molecule has 18 heavy (non-hydrogen) atoms. The summed E-state index contributed by atoms with van der Waals surface area (Å²) in [4.78, 5) is 0. The van der Waals surface area contributed by atoms with E-state index in [0.29, 0.717) is 16.9 Å². The quantitative estimate of drug-likeness (QED) is 0.684. The zero-order chi connectivity index (χ0) is 12.8. The molecule has 1 saturated heterocycles.